The molecule has 0 atom stereocenters. The van der Waals surface area contributed by atoms with Crippen LogP contribution in [0, 0.1) is 17.5 Å². The Kier molecular flexibility index (Phi) is 10.8. The molecule has 0 aliphatic carbocycles. The number of nitrogens with zero attached hydrogens (tertiary/aromatic N) is 7. The summed E-state index contributed by atoms with van der Waals surface area (Å²) in [7, 11) is -1.58. The number of rotatable bonds is 10. The zero-order valence-electron chi connectivity index (χ0n) is 31.7. The number of methoxy groups -OCH3 is 1. The van der Waals surface area contributed by atoms with Crippen molar-refractivity contribution in [2.45, 2.75) is 18.9 Å². The molecule has 2 N–H and O–H groups in total. The number of carbonyl (C=O) groups excluding carboxylic acids is 1. The number of fused-ring (bicyclic) bond motifs is 1. The summed E-state index contributed by atoms with van der Waals surface area (Å²) < 4.78 is 76.0. The molecule has 58 heavy (non-hydrogen) atoms. The van der Waals surface area contributed by atoms with Crippen molar-refractivity contribution < 1.29 is 31.1 Å². The number of carbonyl (C=O) groups is 1. The summed E-state index contributed by atoms with van der Waals surface area (Å²) in [5.74, 6) is -2.21. The molecule has 0 saturated carbocycles. The molecule has 2 aliphatic heterocycles. The van der Waals surface area contributed by atoms with Gasteiger partial charge in [0.1, 0.15) is 34.5 Å². The second-order valence-corrected chi connectivity index (χ2v) is 16.2. The third-order valence-electron chi connectivity index (χ3n) is 10.6. The van der Waals surface area contributed by atoms with E-state index in [0.717, 1.165) is 56.8 Å². The van der Waals surface area contributed by atoms with Crippen LogP contribution in [0.5, 0.6) is 5.75 Å². The lowest BCUT2D eigenvalue weighted by molar-refractivity contribution is 0.102. The van der Waals surface area contributed by atoms with Crippen LogP contribution in [0.25, 0.3) is 28.3 Å². The van der Waals surface area contributed by atoms with Gasteiger partial charge in [-0.3, -0.25) is 14.1 Å². The predicted molar refractivity (Wildman–Crippen MR) is 215 cm³/mol. The molecule has 1 amide bonds. The van der Waals surface area contributed by atoms with Crippen molar-refractivity contribution >= 4 is 44.6 Å². The molecule has 3 aromatic carbocycles. The average Bonchev–Trinajstić information content (AvgIpc) is 3.61. The van der Waals surface area contributed by atoms with Crippen LogP contribution in [0.15, 0.2) is 91.3 Å². The lowest BCUT2D eigenvalue weighted by atomic mass is 10.0. The van der Waals surface area contributed by atoms with Crippen LogP contribution in [0.3, 0.4) is 0 Å². The molecule has 2 fully saturated rings. The highest BCUT2D eigenvalue weighted by molar-refractivity contribution is 7.88. The van der Waals surface area contributed by atoms with Crippen LogP contribution in [0.2, 0.25) is 0 Å². The first-order valence-electron chi connectivity index (χ1n) is 18.7. The molecule has 6 aromatic rings. The lowest BCUT2D eigenvalue weighted by Crippen LogP contribution is -2.54. The van der Waals surface area contributed by atoms with Crippen LogP contribution in [-0.2, 0) is 10.0 Å². The highest BCUT2D eigenvalue weighted by Crippen LogP contribution is 2.36. The molecule has 300 valence electrons. The van der Waals surface area contributed by atoms with Crippen LogP contribution in [0.1, 0.15) is 23.2 Å². The number of aromatic nitrogens is 4. The Bertz CT molecular complexity index is 2590. The van der Waals surface area contributed by atoms with Crippen molar-refractivity contribution in [1.82, 2.24) is 28.6 Å². The molecule has 0 radical (unpaired) electrons. The molecule has 3 aromatic heterocycles. The maximum atomic E-state index is 14.5. The number of ether oxygens (including phenoxy) is 1. The summed E-state index contributed by atoms with van der Waals surface area (Å²) in [6.07, 6.45) is 6.31. The summed E-state index contributed by atoms with van der Waals surface area (Å²) in [6, 6.07) is 20.3. The molecule has 8 rings (SSSR count). The maximum absolute atomic E-state index is 14.5. The van der Waals surface area contributed by atoms with E-state index in [1.807, 2.05) is 18.2 Å². The third kappa shape index (κ3) is 8.05. The second kappa shape index (κ2) is 16.1. The van der Waals surface area contributed by atoms with Gasteiger partial charge >= 0.3 is 0 Å². The van der Waals surface area contributed by atoms with Gasteiger partial charge in [0.15, 0.2) is 0 Å². The van der Waals surface area contributed by atoms with E-state index in [0.29, 0.717) is 53.2 Å². The molecule has 5 heterocycles. The van der Waals surface area contributed by atoms with Gasteiger partial charge in [0.2, 0.25) is 16.0 Å². The quantitative estimate of drug-likeness (QED) is 0.159. The zero-order valence-corrected chi connectivity index (χ0v) is 32.5. The number of hydrogen-bond donors (Lipinski definition) is 2. The number of halogens is 3. The van der Waals surface area contributed by atoms with Gasteiger partial charge < -0.3 is 20.3 Å². The van der Waals surface area contributed by atoms with Crippen molar-refractivity contribution in [3.05, 3.63) is 114 Å². The van der Waals surface area contributed by atoms with Gasteiger partial charge in [0.25, 0.3) is 5.91 Å². The van der Waals surface area contributed by atoms with E-state index in [4.69, 9.17) is 14.7 Å². The number of pyridine rings is 1. The Morgan fingerprint density at radius 3 is 2.33 bits per heavy atom. The van der Waals surface area contributed by atoms with Crippen molar-refractivity contribution in [3.63, 3.8) is 0 Å². The van der Waals surface area contributed by atoms with Crippen LogP contribution < -0.4 is 20.3 Å². The molecule has 13 nitrogen and oxygen atoms in total. The van der Waals surface area contributed by atoms with Crippen LogP contribution >= 0.6 is 0 Å². The second-order valence-electron chi connectivity index (χ2n) is 14.2. The Morgan fingerprint density at radius 1 is 0.862 bits per heavy atom. The largest absolute Gasteiger partial charge is 0.494 e. The van der Waals surface area contributed by atoms with E-state index in [1.54, 1.807) is 40.2 Å². The normalized spacial score (nSPS) is 15.8. The van der Waals surface area contributed by atoms with Gasteiger partial charge in [-0.1, -0.05) is 18.2 Å². The van der Waals surface area contributed by atoms with Gasteiger partial charge in [-0.25, -0.2) is 36.5 Å². The Morgan fingerprint density at radius 2 is 1.60 bits per heavy atom. The standard InChI is InChI=1S/C41H40F3N9O4S/c1-57-35-25-30(50-16-13-29(14-17-50)51-19-21-52(22-20-51)58(2,55)56)9-10-33(35)46-41-45-15-11-34(47-41)39-37(48-36-24-28(42)12-18-53(36)39)26-5-3-6-27(23-26)40(54)49-38-31(43)7-4-8-32(38)44/h3-12,15,18,23-25,29H,13-14,16-17,19-22H2,1-2H3,(H,49,54)(H,45,46,47). The van der Waals surface area contributed by atoms with Crippen LogP contribution in [0.4, 0.5) is 36.2 Å². The summed E-state index contributed by atoms with van der Waals surface area (Å²) in [5.41, 5.74) is 3.26. The fourth-order valence-corrected chi connectivity index (χ4v) is 8.44. The minimum atomic E-state index is -3.17. The zero-order chi connectivity index (χ0) is 40.6. The fourth-order valence-electron chi connectivity index (χ4n) is 7.62. The number of piperidine rings is 1. The highest BCUT2D eigenvalue weighted by Gasteiger charge is 2.30. The van der Waals surface area contributed by atoms with Crippen molar-refractivity contribution in [2.24, 2.45) is 0 Å². The molecule has 17 heteroatoms. The fraction of sp³-hybridized carbons (Fsp3) is 0.268. The minimum absolute atomic E-state index is 0.115. The van der Waals surface area contributed by atoms with Gasteiger partial charge in [0.05, 0.1) is 36.1 Å². The number of amides is 1. The smallest absolute Gasteiger partial charge is 0.255 e. The number of benzene rings is 3. The van der Waals surface area contributed by atoms with Gasteiger partial charge in [-0.2, -0.15) is 4.31 Å². The first kappa shape index (κ1) is 38.8. The van der Waals surface area contributed by atoms with Crippen molar-refractivity contribution in [1.29, 1.82) is 0 Å². The first-order chi connectivity index (χ1) is 27.9. The predicted octanol–water partition coefficient (Wildman–Crippen LogP) is 6.43. The number of hydrogen-bond acceptors (Lipinski definition) is 10. The Hall–Kier alpha value is -6.04. The molecule has 0 unspecified atom stereocenters. The maximum Gasteiger partial charge on any atom is 0.255 e. The highest BCUT2D eigenvalue weighted by atomic mass is 32.2. The van der Waals surface area contributed by atoms with E-state index in [2.05, 4.69) is 25.4 Å². The van der Waals surface area contributed by atoms with Crippen molar-refractivity contribution in [3.8, 4) is 28.4 Å². The first-order valence-corrected chi connectivity index (χ1v) is 20.6. The summed E-state index contributed by atoms with van der Waals surface area (Å²) >= 11 is 0. The SMILES string of the molecule is COc1cc(N2CCC(N3CCN(S(C)(=O)=O)CC3)CC2)ccc1Nc1nccc(-c2c(-c3cccc(C(=O)Nc4c(F)cccc4F)c3)nc3cc(F)ccn23)n1. The third-order valence-corrected chi connectivity index (χ3v) is 11.9. The summed E-state index contributed by atoms with van der Waals surface area (Å²) in [4.78, 5) is 31.9. The number of anilines is 4. The average molecular weight is 812 g/mol. The van der Waals surface area contributed by atoms with Crippen LogP contribution in [-0.4, -0.2) is 102 Å². The molecule has 0 bridgehead atoms. The summed E-state index contributed by atoms with van der Waals surface area (Å²) in [6.45, 7) is 4.22. The molecule has 2 aliphatic rings. The van der Waals surface area contributed by atoms with E-state index < -0.39 is 39.1 Å². The number of piperazine rings is 1. The number of para-hydroxylation sites is 1. The van der Waals surface area contributed by atoms with Crippen molar-refractivity contribution in [2.75, 3.05) is 68.2 Å². The van der Waals surface area contributed by atoms with Gasteiger partial charge in [-0.05, 0) is 61.4 Å². The molecule has 0 spiro atoms. The molecular formula is C41H40F3N9O4S. The van der Waals surface area contributed by atoms with E-state index >= 15 is 0 Å². The monoisotopic (exact) mass is 811 g/mol. The van der Waals surface area contributed by atoms with E-state index in [-0.39, 0.29) is 17.2 Å². The van der Waals surface area contributed by atoms with E-state index in [9.17, 15) is 26.4 Å². The molecule has 2 saturated heterocycles. The molecular weight excluding hydrogens is 772 g/mol. The lowest BCUT2D eigenvalue weighted by Gasteiger charge is -2.42. The van der Waals surface area contributed by atoms with Gasteiger partial charge in [-0.15, -0.1) is 0 Å². The minimum Gasteiger partial charge on any atom is -0.494 e. The summed E-state index contributed by atoms with van der Waals surface area (Å²) in [5, 5.41) is 5.58. The topological polar surface area (TPSA) is 137 Å². The number of imidazole rings is 1. The number of nitrogens with one attached hydrogen (secondary N) is 2. The van der Waals surface area contributed by atoms with Gasteiger partial charge in [0, 0.05) is 86.7 Å². The number of sulfonamides is 1. The Labute approximate surface area is 333 Å². The Balaban J connectivity index is 1.02. The van der Waals surface area contributed by atoms with E-state index in [1.165, 1.54) is 42.8 Å².